The summed E-state index contributed by atoms with van der Waals surface area (Å²) in [5.74, 6) is -1.95. The Morgan fingerprint density at radius 2 is 1.96 bits per heavy atom. The molecule has 1 aliphatic heterocycles. The smallest absolute Gasteiger partial charge is 0.346 e. The first kappa shape index (κ1) is 17.9. The zero-order valence-electron chi connectivity index (χ0n) is 13.8. The molecule has 1 amide bonds. The first-order valence-corrected chi connectivity index (χ1v) is 9.77. The molecule has 1 aliphatic rings. The highest BCUT2D eigenvalue weighted by Crippen LogP contribution is 2.49. The van der Waals surface area contributed by atoms with Crippen molar-refractivity contribution in [2.24, 2.45) is 0 Å². The fraction of sp³-hybridized carbons (Fsp3) is 0.100. The Bertz CT molecular complexity index is 1060. The van der Waals surface area contributed by atoms with Gasteiger partial charge in [-0.3, -0.25) is 4.79 Å². The van der Waals surface area contributed by atoms with Crippen LogP contribution in [0.3, 0.4) is 0 Å². The van der Waals surface area contributed by atoms with Gasteiger partial charge in [-0.15, -0.1) is 11.3 Å². The number of nitrogens with one attached hydrogen (secondary N) is 1. The lowest BCUT2D eigenvalue weighted by Gasteiger charge is -2.24. The normalized spacial score (nSPS) is 15.9. The molecule has 0 aliphatic carbocycles. The van der Waals surface area contributed by atoms with Gasteiger partial charge >= 0.3 is 5.97 Å². The van der Waals surface area contributed by atoms with Gasteiger partial charge in [-0.25, -0.2) is 9.18 Å². The van der Waals surface area contributed by atoms with Crippen LogP contribution in [0.25, 0.3) is 11.1 Å². The minimum absolute atomic E-state index is 0.179. The highest BCUT2D eigenvalue weighted by atomic mass is 79.9. The predicted octanol–water partition coefficient (Wildman–Crippen LogP) is 5.49. The number of carboxylic acids is 1. The van der Waals surface area contributed by atoms with Gasteiger partial charge in [-0.05, 0) is 39.2 Å². The molecule has 0 saturated carbocycles. The van der Waals surface area contributed by atoms with Crippen molar-refractivity contribution in [2.45, 2.75) is 12.3 Å². The molecule has 27 heavy (non-hydrogen) atoms. The van der Waals surface area contributed by atoms with Gasteiger partial charge in [-0.2, -0.15) is 0 Å². The molecule has 7 heteroatoms. The van der Waals surface area contributed by atoms with Crippen molar-refractivity contribution in [3.63, 3.8) is 0 Å². The molecule has 4 rings (SSSR count). The average molecular weight is 446 g/mol. The van der Waals surface area contributed by atoms with Crippen molar-refractivity contribution >= 4 is 44.8 Å². The van der Waals surface area contributed by atoms with E-state index in [2.05, 4.69) is 21.2 Å². The number of hydrogen-bond donors (Lipinski definition) is 2. The van der Waals surface area contributed by atoms with Crippen molar-refractivity contribution in [1.82, 2.24) is 0 Å². The molecule has 0 spiro atoms. The molecule has 1 atom stereocenters. The molecule has 2 N–H and O–H groups in total. The van der Waals surface area contributed by atoms with E-state index in [1.165, 1.54) is 6.07 Å². The van der Waals surface area contributed by atoms with Gasteiger partial charge in [0.2, 0.25) is 5.91 Å². The zero-order chi connectivity index (χ0) is 19.1. The topological polar surface area (TPSA) is 66.4 Å². The van der Waals surface area contributed by atoms with Crippen LogP contribution in [-0.2, 0) is 4.79 Å². The van der Waals surface area contributed by atoms with Crippen LogP contribution < -0.4 is 5.32 Å². The van der Waals surface area contributed by atoms with E-state index >= 15 is 0 Å². The second kappa shape index (κ2) is 6.90. The Morgan fingerprint density at radius 1 is 1.22 bits per heavy atom. The molecule has 2 heterocycles. The summed E-state index contributed by atoms with van der Waals surface area (Å²) in [5.41, 5.74) is 2.54. The summed E-state index contributed by atoms with van der Waals surface area (Å²) in [7, 11) is 0. The van der Waals surface area contributed by atoms with Crippen molar-refractivity contribution in [1.29, 1.82) is 0 Å². The van der Waals surface area contributed by atoms with Gasteiger partial charge in [0.05, 0.1) is 10.2 Å². The molecule has 3 aromatic rings. The number of aromatic carboxylic acids is 1. The first-order chi connectivity index (χ1) is 13.0. The number of halogens is 2. The maximum Gasteiger partial charge on any atom is 0.346 e. The lowest BCUT2D eigenvalue weighted by atomic mass is 9.88. The molecular weight excluding hydrogens is 433 g/mol. The minimum Gasteiger partial charge on any atom is -0.477 e. The zero-order valence-corrected chi connectivity index (χ0v) is 16.2. The third-order valence-corrected chi connectivity index (χ3v) is 6.41. The molecule has 4 nitrogen and oxygen atoms in total. The van der Waals surface area contributed by atoms with E-state index in [0.717, 1.165) is 27.3 Å². The maximum atomic E-state index is 13.6. The molecule has 0 fully saturated rings. The number of amides is 1. The number of carboxylic acid groups (broad SMARTS) is 1. The van der Waals surface area contributed by atoms with E-state index in [0.29, 0.717) is 15.7 Å². The highest BCUT2D eigenvalue weighted by molar-refractivity contribution is 9.10. The highest BCUT2D eigenvalue weighted by Gasteiger charge is 2.34. The van der Waals surface area contributed by atoms with Crippen LogP contribution in [0.1, 0.15) is 32.5 Å². The number of carbonyl (C=O) groups is 2. The quantitative estimate of drug-likeness (QED) is 0.559. The fourth-order valence-electron chi connectivity index (χ4n) is 3.32. The van der Waals surface area contributed by atoms with Gasteiger partial charge in [-0.1, -0.05) is 36.4 Å². The molecule has 1 unspecified atom stereocenters. The third kappa shape index (κ3) is 3.17. The van der Waals surface area contributed by atoms with Crippen molar-refractivity contribution in [3.8, 4) is 11.1 Å². The molecule has 0 bridgehead atoms. The van der Waals surface area contributed by atoms with Crippen LogP contribution in [0.5, 0.6) is 0 Å². The SMILES string of the molecule is O=C1CC(c2ccc(F)c(Br)c2)c2sc(C(=O)O)c(-c3ccccc3)c2N1. The summed E-state index contributed by atoms with van der Waals surface area (Å²) in [4.78, 5) is 25.2. The van der Waals surface area contributed by atoms with E-state index in [1.807, 2.05) is 30.3 Å². The monoisotopic (exact) mass is 445 g/mol. The molecule has 0 saturated heterocycles. The minimum atomic E-state index is -1.04. The van der Waals surface area contributed by atoms with Crippen LogP contribution >= 0.6 is 27.3 Å². The molecule has 136 valence electrons. The third-order valence-electron chi connectivity index (χ3n) is 4.51. The number of carbonyl (C=O) groups excluding carboxylic acids is 1. The average Bonchev–Trinajstić information content (AvgIpc) is 3.03. The van der Waals surface area contributed by atoms with Crippen LogP contribution in [0, 0.1) is 5.82 Å². The number of hydrogen-bond acceptors (Lipinski definition) is 3. The number of fused-ring (bicyclic) bond motifs is 1. The lowest BCUT2D eigenvalue weighted by molar-refractivity contribution is -0.116. The number of rotatable bonds is 3. The van der Waals surface area contributed by atoms with Crippen LogP contribution in [0.4, 0.5) is 10.1 Å². The summed E-state index contributed by atoms with van der Waals surface area (Å²) in [6, 6.07) is 13.8. The summed E-state index contributed by atoms with van der Waals surface area (Å²) in [6.45, 7) is 0. The molecular formula is C20H13BrFNO3S. The standard InChI is InChI=1S/C20H13BrFNO3S/c21-13-8-11(6-7-14(13)22)12-9-15(24)23-17-16(10-4-2-1-3-5-10)19(20(25)26)27-18(12)17/h1-8,12H,9H2,(H,23,24)(H,25,26). The van der Waals surface area contributed by atoms with E-state index < -0.39 is 5.97 Å². The summed E-state index contributed by atoms with van der Waals surface area (Å²) in [5, 5.41) is 12.6. The second-order valence-electron chi connectivity index (χ2n) is 6.20. The number of anilines is 1. The van der Waals surface area contributed by atoms with Gasteiger partial charge in [0, 0.05) is 22.8 Å². The first-order valence-electron chi connectivity index (χ1n) is 8.16. The Balaban J connectivity index is 1.94. The van der Waals surface area contributed by atoms with Crippen LogP contribution in [0.2, 0.25) is 0 Å². The van der Waals surface area contributed by atoms with Crippen LogP contribution in [0.15, 0.2) is 53.0 Å². The van der Waals surface area contributed by atoms with Crippen molar-refractivity contribution in [3.05, 3.63) is 74.1 Å². The fourth-order valence-corrected chi connectivity index (χ4v) is 4.96. The Kier molecular flexibility index (Phi) is 4.57. The maximum absolute atomic E-state index is 13.6. The Labute approximate surface area is 166 Å². The van der Waals surface area contributed by atoms with Crippen molar-refractivity contribution < 1.29 is 19.1 Å². The Hall–Kier alpha value is -2.51. The predicted molar refractivity (Wildman–Crippen MR) is 106 cm³/mol. The Morgan fingerprint density at radius 3 is 2.63 bits per heavy atom. The lowest BCUT2D eigenvalue weighted by Crippen LogP contribution is -2.22. The van der Waals surface area contributed by atoms with E-state index in [9.17, 15) is 19.1 Å². The summed E-state index contributed by atoms with van der Waals surface area (Å²) >= 11 is 4.34. The van der Waals surface area contributed by atoms with Gasteiger partial charge in [0.1, 0.15) is 10.7 Å². The van der Waals surface area contributed by atoms with Crippen molar-refractivity contribution in [2.75, 3.05) is 5.32 Å². The number of thiophene rings is 1. The number of benzene rings is 2. The second-order valence-corrected chi connectivity index (χ2v) is 8.10. The molecule has 1 aromatic heterocycles. The van der Waals surface area contributed by atoms with E-state index in [1.54, 1.807) is 12.1 Å². The van der Waals surface area contributed by atoms with Gasteiger partial charge in [0.15, 0.2) is 0 Å². The van der Waals surface area contributed by atoms with Gasteiger partial charge in [0.25, 0.3) is 0 Å². The largest absolute Gasteiger partial charge is 0.477 e. The van der Waals surface area contributed by atoms with E-state index in [4.69, 9.17) is 0 Å². The summed E-state index contributed by atoms with van der Waals surface area (Å²) in [6.07, 6.45) is 0.179. The van der Waals surface area contributed by atoms with Gasteiger partial charge < -0.3 is 10.4 Å². The van der Waals surface area contributed by atoms with Crippen LogP contribution in [-0.4, -0.2) is 17.0 Å². The van der Waals surface area contributed by atoms with E-state index in [-0.39, 0.29) is 28.9 Å². The summed E-state index contributed by atoms with van der Waals surface area (Å²) < 4.78 is 13.9. The molecule has 0 radical (unpaired) electrons. The molecule has 2 aromatic carbocycles.